The van der Waals surface area contributed by atoms with E-state index in [-0.39, 0.29) is 21.7 Å². The van der Waals surface area contributed by atoms with Gasteiger partial charge in [0.15, 0.2) is 0 Å². The Morgan fingerprint density at radius 1 is 0.681 bits per heavy atom. The summed E-state index contributed by atoms with van der Waals surface area (Å²) < 4.78 is 24.2. The predicted molar refractivity (Wildman–Crippen MR) is 196 cm³/mol. The monoisotopic (exact) mass is 704 g/mol. The van der Waals surface area contributed by atoms with E-state index in [1.807, 2.05) is 60.7 Å². The molecule has 1 N–H and O–H groups in total. The highest BCUT2D eigenvalue weighted by atomic mass is 79.9. The molecule has 5 rings (SSSR count). The summed E-state index contributed by atoms with van der Waals surface area (Å²) in [4.78, 5) is 0. The molecular weight excluding hydrogens is 652 g/mol. The maximum Gasteiger partial charge on any atom is 0.133 e. The number of aliphatic hydroxyl groups excluding tert-OH is 1. The first-order valence-corrected chi connectivity index (χ1v) is 17.1. The van der Waals surface area contributed by atoms with Gasteiger partial charge in [0.25, 0.3) is 0 Å². The molecule has 254 valence electrons. The Morgan fingerprint density at radius 3 is 1.57 bits per heavy atom. The zero-order valence-electron chi connectivity index (χ0n) is 30.3. The Bertz CT molecular complexity index is 1630. The summed E-state index contributed by atoms with van der Waals surface area (Å²) in [5.74, 6) is 3.44. The summed E-state index contributed by atoms with van der Waals surface area (Å²) in [6.45, 7) is 23.8. The summed E-state index contributed by atoms with van der Waals surface area (Å²) >= 11 is 3.49. The van der Waals surface area contributed by atoms with E-state index in [9.17, 15) is 5.11 Å². The molecule has 47 heavy (non-hydrogen) atoms. The van der Waals surface area contributed by atoms with E-state index in [1.54, 1.807) is 14.2 Å². The van der Waals surface area contributed by atoms with Gasteiger partial charge in [-0.25, -0.2) is 0 Å². The van der Waals surface area contributed by atoms with Crippen LogP contribution in [0.4, 0.5) is 0 Å². The maximum absolute atomic E-state index is 10.8. The summed E-state index contributed by atoms with van der Waals surface area (Å²) in [7, 11) is 3.32. The smallest absolute Gasteiger partial charge is 0.133 e. The van der Waals surface area contributed by atoms with Crippen molar-refractivity contribution in [2.75, 3.05) is 27.4 Å². The number of aliphatic hydroxyl groups is 1. The fourth-order valence-corrected chi connectivity index (χ4v) is 7.68. The van der Waals surface area contributed by atoms with Crippen LogP contribution in [0.2, 0.25) is 0 Å². The molecule has 0 saturated heterocycles. The Morgan fingerprint density at radius 2 is 1.13 bits per heavy atom. The minimum Gasteiger partial charge on any atom is -0.496 e. The van der Waals surface area contributed by atoms with Crippen LogP contribution in [0.15, 0.2) is 82.3 Å². The minimum atomic E-state index is -0.729. The molecule has 1 unspecified atom stereocenters. The van der Waals surface area contributed by atoms with Crippen molar-refractivity contribution < 1.29 is 24.1 Å². The molecule has 0 bridgehead atoms. The molecule has 6 heteroatoms. The Labute approximate surface area is 291 Å². The topological polar surface area (TPSA) is 57.2 Å². The summed E-state index contributed by atoms with van der Waals surface area (Å²) in [6, 6.07) is 21.7. The summed E-state index contributed by atoms with van der Waals surface area (Å²) in [5, 5.41) is 10.8. The molecule has 3 aromatic carbocycles. The predicted octanol–water partition coefficient (Wildman–Crippen LogP) is 10.9. The average molecular weight is 706 g/mol. The van der Waals surface area contributed by atoms with Crippen molar-refractivity contribution in [2.45, 2.75) is 75.3 Å². The molecule has 5 nitrogen and oxygen atoms in total. The molecule has 0 radical (unpaired) electrons. The van der Waals surface area contributed by atoms with Crippen molar-refractivity contribution in [2.24, 2.45) is 21.7 Å². The Hall–Kier alpha value is -3.22. The third-order valence-corrected chi connectivity index (χ3v) is 9.44. The summed E-state index contributed by atoms with van der Waals surface area (Å²) in [5.41, 5.74) is 6.49. The molecule has 0 aliphatic carbocycles. The third-order valence-electron chi connectivity index (χ3n) is 8.78. The lowest BCUT2D eigenvalue weighted by Crippen LogP contribution is -2.24. The highest BCUT2D eigenvalue weighted by Crippen LogP contribution is 2.51. The second kappa shape index (κ2) is 13.7. The zero-order chi connectivity index (χ0) is 34.9. The number of benzene rings is 3. The Balaban J connectivity index is 0.000000223. The number of rotatable bonds is 6. The molecule has 2 aliphatic rings. The molecule has 0 aromatic heterocycles. The van der Waals surface area contributed by atoms with Crippen LogP contribution >= 0.6 is 15.9 Å². The second-order valence-electron chi connectivity index (χ2n) is 15.9. The van der Waals surface area contributed by atoms with Crippen molar-refractivity contribution in [3.8, 4) is 11.5 Å². The highest BCUT2D eigenvalue weighted by molar-refractivity contribution is 9.10. The molecule has 1 atom stereocenters. The molecule has 0 fully saturated rings. The highest BCUT2D eigenvalue weighted by Gasteiger charge is 2.42. The van der Waals surface area contributed by atoms with Crippen molar-refractivity contribution in [1.82, 2.24) is 0 Å². The van der Waals surface area contributed by atoms with E-state index in [2.05, 4.69) is 91.2 Å². The van der Waals surface area contributed by atoms with E-state index < -0.39 is 6.10 Å². The van der Waals surface area contributed by atoms with Gasteiger partial charge in [-0.3, -0.25) is 0 Å². The van der Waals surface area contributed by atoms with E-state index in [1.165, 1.54) is 11.1 Å². The lowest BCUT2D eigenvalue weighted by Gasteiger charge is -2.31. The van der Waals surface area contributed by atoms with Crippen LogP contribution < -0.4 is 9.47 Å². The van der Waals surface area contributed by atoms with Crippen LogP contribution in [-0.4, -0.2) is 32.5 Å². The zero-order valence-corrected chi connectivity index (χ0v) is 31.9. The van der Waals surface area contributed by atoms with Crippen LogP contribution in [0.3, 0.4) is 0 Å². The van der Waals surface area contributed by atoms with Gasteiger partial charge in [0.05, 0.1) is 31.9 Å². The fourth-order valence-electron chi connectivity index (χ4n) is 7.27. The number of ether oxygens (including phenoxy) is 4. The lowest BCUT2D eigenvalue weighted by atomic mass is 9.71. The van der Waals surface area contributed by atoms with Gasteiger partial charge in [0.1, 0.15) is 29.1 Å². The molecular formula is C41H53BrO5. The standard InChI is InChI=1S/C24H30O3.C17H23BrO2/c1-23(2,3)22-21(27-15-24(22,4)5)17-12-13-18(19(14-17)26-6)20(25)16-10-8-7-9-11-16;1-16(2,3)15-14(20-10-17(15,4)5)11-7-8-12(18)13(9-11)19-6/h7-14,20,25H,15H2,1-6H3;7-9H,10H2,1-6H3. The van der Waals surface area contributed by atoms with Crippen molar-refractivity contribution >= 4 is 27.4 Å². The molecule has 0 spiro atoms. The van der Waals surface area contributed by atoms with E-state index in [0.717, 1.165) is 50.6 Å². The van der Waals surface area contributed by atoms with Crippen LogP contribution in [-0.2, 0) is 9.47 Å². The number of methoxy groups -OCH3 is 2. The van der Waals surface area contributed by atoms with Gasteiger partial charge >= 0.3 is 0 Å². The van der Waals surface area contributed by atoms with E-state index in [0.29, 0.717) is 12.4 Å². The minimum absolute atomic E-state index is 0.00475. The van der Waals surface area contributed by atoms with Crippen molar-refractivity contribution in [3.05, 3.63) is 105 Å². The van der Waals surface area contributed by atoms with Crippen LogP contribution in [0, 0.1) is 21.7 Å². The molecule has 0 amide bonds. The van der Waals surface area contributed by atoms with E-state index in [4.69, 9.17) is 18.9 Å². The maximum atomic E-state index is 10.8. The average Bonchev–Trinajstić information content (AvgIpc) is 3.52. The van der Waals surface area contributed by atoms with Gasteiger partial charge in [-0.05, 0) is 67.7 Å². The van der Waals surface area contributed by atoms with Crippen LogP contribution in [0.1, 0.15) is 97.6 Å². The lowest BCUT2D eigenvalue weighted by molar-refractivity contribution is 0.212. The number of hydrogen-bond donors (Lipinski definition) is 1. The van der Waals surface area contributed by atoms with Gasteiger partial charge in [0.2, 0.25) is 0 Å². The first-order chi connectivity index (χ1) is 21.8. The van der Waals surface area contributed by atoms with Crippen LogP contribution in [0.5, 0.6) is 11.5 Å². The molecule has 2 aliphatic heterocycles. The first-order valence-electron chi connectivity index (χ1n) is 16.3. The fraction of sp³-hybridized carbons (Fsp3) is 0.463. The Kier molecular flexibility index (Phi) is 10.7. The van der Waals surface area contributed by atoms with Gasteiger partial charge in [-0.15, -0.1) is 0 Å². The van der Waals surface area contributed by atoms with Gasteiger partial charge < -0.3 is 24.1 Å². The van der Waals surface area contributed by atoms with Crippen molar-refractivity contribution in [3.63, 3.8) is 0 Å². The number of halogens is 1. The quantitative estimate of drug-likeness (QED) is 0.277. The van der Waals surface area contributed by atoms with Gasteiger partial charge in [0, 0.05) is 27.5 Å². The normalized spacial score (nSPS) is 17.8. The molecule has 2 heterocycles. The first kappa shape index (κ1) is 36.6. The van der Waals surface area contributed by atoms with E-state index >= 15 is 0 Å². The largest absolute Gasteiger partial charge is 0.496 e. The molecule has 3 aromatic rings. The SMILES string of the molecule is COc1cc(C2=C(C(C)(C)C)C(C)(C)CO2)ccc1Br.COc1cc(C2=C(C(C)(C)C)C(C)(C)CO2)ccc1C(O)c1ccccc1. The number of hydrogen-bond acceptors (Lipinski definition) is 5. The second-order valence-corrected chi connectivity index (χ2v) is 16.7. The van der Waals surface area contributed by atoms with Gasteiger partial charge in [-0.2, -0.15) is 0 Å². The van der Waals surface area contributed by atoms with Crippen molar-refractivity contribution in [1.29, 1.82) is 0 Å². The molecule has 0 saturated carbocycles. The van der Waals surface area contributed by atoms with Gasteiger partial charge in [-0.1, -0.05) is 112 Å². The third kappa shape index (κ3) is 7.92. The van der Waals surface area contributed by atoms with Crippen LogP contribution in [0.25, 0.3) is 11.5 Å². The summed E-state index contributed by atoms with van der Waals surface area (Å²) in [6.07, 6.45) is -0.729.